The van der Waals surface area contributed by atoms with Crippen LogP contribution in [0, 0.1) is 11.3 Å². The molecule has 0 bridgehead atoms. The number of carbonyl (C=O) groups excluding carboxylic acids is 1. The number of hydrogen-bond donors (Lipinski definition) is 2. The van der Waals surface area contributed by atoms with Crippen LogP contribution in [0.3, 0.4) is 0 Å². The Balaban J connectivity index is 2.34. The van der Waals surface area contributed by atoms with Gasteiger partial charge in [0.25, 0.3) is 0 Å². The lowest BCUT2D eigenvalue weighted by molar-refractivity contribution is -0.163. The Labute approximate surface area is 93.7 Å². The first-order valence-corrected chi connectivity index (χ1v) is 5.29. The summed E-state index contributed by atoms with van der Waals surface area (Å²) >= 11 is 0. The zero-order chi connectivity index (χ0) is 11.8. The van der Waals surface area contributed by atoms with Crippen molar-refractivity contribution < 1.29 is 24.5 Å². The Bertz CT molecular complexity index is 324. The van der Waals surface area contributed by atoms with E-state index in [4.69, 9.17) is 9.47 Å². The summed E-state index contributed by atoms with van der Waals surface area (Å²) in [4.78, 5) is 11.3. The third-order valence-electron chi connectivity index (χ3n) is 3.71. The second-order valence-corrected chi connectivity index (χ2v) is 4.34. The lowest BCUT2D eigenvalue weighted by atomic mass is 9.71. The number of rotatable bonds is 3. The van der Waals surface area contributed by atoms with Gasteiger partial charge < -0.3 is 19.7 Å². The highest BCUT2D eigenvalue weighted by Crippen LogP contribution is 2.48. The van der Waals surface area contributed by atoms with Crippen molar-refractivity contribution in [2.75, 3.05) is 26.9 Å². The molecule has 0 aromatic heterocycles. The first kappa shape index (κ1) is 11.6. The number of cyclic esters (lactones) is 1. The minimum atomic E-state index is -0.649. The van der Waals surface area contributed by atoms with Gasteiger partial charge in [0.1, 0.15) is 6.61 Å². The van der Waals surface area contributed by atoms with Crippen molar-refractivity contribution in [3.8, 4) is 0 Å². The highest BCUT2D eigenvalue weighted by Gasteiger charge is 2.53. The van der Waals surface area contributed by atoms with Crippen LogP contribution in [0.5, 0.6) is 0 Å². The van der Waals surface area contributed by atoms with Crippen LogP contribution in [0.25, 0.3) is 0 Å². The van der Waals surface area contributed by atoms with E-state index in [1.165, 1.54) is 0 Å². The lowest BCUT2D eigenvalue weighted by Gasteiger charge is -2.40. The Morgan fingerprint density at radius 2 is 2.38 bits per heavy atom. The first-order chi connectivity index (χ1) is 7.67. The Morgan fingerprint density at radius 3 is 2.94 bits per heavy atom. The number of carbonyl (C=O) groups is 1. The van der Waals surface area contributed by atoms with Gasteiger partial charge in [-0.25, -0.2) is 0 Å². The van der Waals surface area contributed by atoms with Crippen LogP contribution in [-0.4, -0.2) is 49.2 Å². The smallest absolute Gasteiger partial charge is 0.306 e. The van der Waals surface area contributed by atoms with Crippen molar-refractivity contribution in [1.29, 1.82) is 0 Å². The topological polar surface area (TPSA) is 76.0 Å². The predicted molar refractivity (Wildman–Crippen MR) is 54.6 cm³/mol. The number of methoxy groups -OCH3 is 1. The largest absolute Gasteiger partial charge is 0.465 e. The summed E-state index contributed by atoms with van der Waals surface area (Å²) < 4.78 is 10.3. The quantitative estimate of drug-likeness (QED) is 0.502. The molecular weight excluding hydrogens is 212 g/mol. The number of ether oxygens (including phenoxy) is 2. The Morgan fingerprint density at radius 1 is 1.62 bits per heavy atom. The molecule has 1 fully saturated rings. The predicted octanol–water partition coefficient (Wildman–Crippen LogP) is -0.525. The van der Waals surface area contributed by atoms with E-state index < -0.39 is 5.41 Å². The monoisotopic (exact) mass is 228 g/mol. The van der Waals surface area contributed by atoms with Crippen LogP contribution in [0.1, 0.15) is 6.42 Å². The van der Waals surface area contributed by atoms with Crippen LogP contribution in [-0.2, 0) is 14.3 Å². The Kier molecular flexibility index (Phi) is 3.01. The molecule has 0 aromatic carbocycles. The molecule has 5 heteroatoms. The first-order valence-electron chi connectivity index (χ1n) is 5.29. The average Bonchev–Trinajstić information content (AvgIpc) is 2.62. The highest BCUT2D eigenvalue weighted by molar-refractivity contribution is 5.71. The fraction of sp³-hybridized carbons (Fsp3) is 0.727. The molecule has 0 saturated carbocycles. The molecule has 1 aliphatic carbocycles. The van der Waals surface area contributed by atoms with Crippen molar-refractivity contribution in [3.63, 3.8) is 0 Å². The SMILES string of the molecule is CO[C@@H]1C=C(CO)[C@@]2(CO)COC(=O)C[C@@H]12. The molecule has 3 atom stereocenters. The molecule has 90 valence electrons. The van der Waals surface area contributed by atoms with Crippen LogP contribution in [0.2, 0.25) is 0 Å². The summed E-state index contributed by atoms with van der Waals surface area (Å²) in [5.41, 5.74) is 0.0583. The van der Waals surface area contributed by atoms with Gasteiger partial charge in [-0.15, -0.1) is 0 Å². The van der Waals surface area contributed by atoms with E-state index in [1.807, 2.05) is 0 Å². The van der Waals surface area contributed by atoms with E-state index in [1.54, 1.807) is 13.2 Å². The molecule has 5 nitrogen and oxygen atoms in total. The van der Waals surface area contributed by atoms with Crippen molar-refractivity contribution in [1.82, 2.24) is 0 Å². The third-order valence-corrected chi connectivity index (χ3v) is 3.71. The molecule has 0 amide bonds. The fourth-order valence-corrected chi connectivity index (χ4v) is 2.70. The van der Waals surface area contributed by atoms with Gasteiger partial charge in [-0.1, -0.05) is 6.08 Å². The van der Waals surface area contributed by atoms with Crippen molar-refractivity contribution in [2.45, 2.75) is 12.5 Å². The maximum absolute atomic E-state index is 11.3. The maximum Gasteiger partial charge on any atom is 0.306 e. The number of aliphatic hydroxyl groups is 2. The maximum atomic E-state index is 11.3. The van der Waals surface area contributed by atoms with Crippen LogP contribution in [0.15, 0.2) is 11.6 Å². The summed E-state index contributed by atoms with van der Waals surface area (Å²) in [6.07, 6.45) is 1.78. The molecule has 0 aromatic rings. The highest BCUT2D eigenvalue weighted by atomic mass is 16.5. The Hall–Kier alpha value is -0.910. The van der Waals surface area contributed by atoms with Crippen LogP contribution >= 0.6 is 0 Å². The van der Waals surface area contributed by atoms with E-state index in [0.717, 1.165) is 0 Å². The van der Waals surface area contributed by atoms with Gasteiger partial charge in [-0.2, -0.15) is 0 Å². The fourth-order valence-electron chi connectivity index (χ4n) is 2.70. The minimum absolute atomic E-state index is 0.124. The second kappa shape index (κ2) is 4.16. The molecule has 0 spiro atoms. The summed E-state index contributed by atoms with van der Waals surface area (Å²) in [6.45, 7) is -0.162. The molecule has 1 heterocycles. The van der Waals surface area contributed by atoms with E-state index in [2.05, 4.69) is 0 Å². The van der Waals surface area contributed by atoms with Gasteiger partial charge in [0.05, 0.1) is 31.2 Å². The summed E-state index contributed by atoms with van der Waals surface area (Å²) in [5, 5.41) is 18.9. The summed E-state index contributed by atoms with van der Waals surface area (Å²) in [6, 6.07) is 0. The van der Waals surface area contributed by atoms with E-state index in [0.29, 0.717) is 5.57 Å². The molecule has 0 radical (unpaired) electrons. The van der Waals surface area contributed by atoms with E-state index in [9.17, 15) is 15.0 Å². The van der Waals surface area contributed by atoms with E-state index >= 15 is 0 Å². The van der Waals surface area contributed by atoms with Gasteiger partial charge in [0.15, 0.2) is 0 Å². The van der Waals surface area contributed by atoms with E-state index in [-0.39, 0.29) is 44.2 Å². The minimum Gasteiger partial charge on any atom is -0.465 e. The summed E-state index contributed by atoms with van der Waals surface area (Å²) in [7, 11) is 1.56. The van der Waals surface area contributed by atoms with Crippen molar-refractivity contribution >= 4 is 5.97 Å². The average molecular weight is 228 g/mol. The van der Waals surface area contributed by atoms with Crippen LogP contribution in [0.4, 0.5) is 0 Å². The molecule has 2 N–H and O–H groups in total. The lowest BCUT2D eigenvalue weighted by Crippen LogP contribution is -2.47. The van der Waals surface area contributed by atoms with Gasteiger partial charge >= 0.3 is 5.97 Å². The molecular formula is C11H16O5. The normalized spacial score (nSPS) is 37.9. The zero-order valence-corrected chi connectivity index (χ0v) is 9.18. The molecule has 0 unspecified atom stereocenters. The number of aliphatic hydroxyl groups excluding tert-OH is 2. The van der Waals surface area contributed by atoms with Crippen LogP contribution < -0.4 is 0 Å². The third kappa shape index (κ3) is 1.47. The molecule has 2 rings (SSSR count). The van der Waals surface area contributed by atoms with Gasteiger partial charge in [-0.3, -0.25) is 4.79 Å². The number of fused-ring (bicyclic) bond motifs is 1. The molecule has 1 aliphatic heterocycles. The molecule has 1 saturated heterocycles. The second-order valence-electron chi connectivity index (χ2n) is 4.34. The van der Waals surface area contributed by atoms with Gasteiger partial charge in [-0.05, 0) is 5.57 Å². The number of esters is 1. The van der Waals surface area contributed by atoms with Crippen molar-refractivity contribution in [3.05, 3.63) is 11.6 Å². The van der Waals surface area contributed by atoms with Gasteiger partial charge in [0.2, 0.25) is 0 Å². The number of hydrogen-bond acceptors (Lipinski definition) is 5. The van der Waals surface area contributed by atoms with Gasteiger partial charge in [0, 0.05) is 13.0 Å². The standard InChI is InChI=1S/C11H16O5/c1-15-9-2-7(4-12)11(5-13)6-16-10(14)3-8(9)11/h2,8-9,12-13H,3-6H2,1H3/t8-,9+,11+/m0/s1. The molecule has 2 aliphatic rings. The summed E-state index contributed by atoms with van der Waals surface area (Å²) in [5.74, 6) is -0.408. The zero-order valence-electron chi connectivity index (χ0n) is 9.18. The van der Waals surface area contributed by atoms with Crippen molar-refractivity contribution in [2.24, 2.45) is 11.3 Å². The molecule has 16 heavy (non-hydrogen) atoms.